The van der Waals surface area contributed by atoms with Gasteiger partial charge in [-0.2, -0.15) is 0 Å². The maximum atomic E-state index is 3.33. The van der Waals surface area contributed by atoms with E-state index in [4.69, 9.17) is 0 Å². The standard InChI is InChI=1S/C15H35N3/c1-7-17(8-2)11-10-12-18(9-3)15(13-16-6)14(4)5/h14-16H,7-13H2,1-6H3. The zero-order chi connectivity index (χ0) is 14.0. The predicted octanol–water partition coefficient (Wildman–Crippen LogP) is 2.28. The molecule has 1 N–H and O–H groups in total. The third kappa shape index (κ3) is 6.72. The van der Waals surface area contributed by atoms with Crippen LogP contribution in [0.1, 0.15) is 41.0 Å². The molecule has 0 rings (SSSR count). The van der Waals surface area contributed by atoms with E-state index in [0.717, 1.165) is 13.1 Å². The van der Waals surface area contributed by atoms with Gasteiger partial charge in [-0.05, 0) is 52.1 Å². The number of likely N-dealkylation sites (N-methyl/N-ethyl adjacent to an activating group) is 2. The van der Waals surface area contributed by atoms with Crippen molar-refractivity contribution in [2.75, 3.05) is 46.3 Å². The van der Waals surface area contributed by atoms with Crippen LogP contribution in [0.25, 0.3) is 0 Å². The van der Waals surface area contributed by atoms with Gasteiger partial charge in [0.15, 0.2) is 0 Å². The summed E-state index contributed by atoms with van der Waals surface area (Å²) in [5.41, 5.74) is 0. The molecular formula is C15H35N3. The summed E-state index contributed by atoms with van der Waals surface area (Å²) in [6.45, 7) is 18.5. The van der Waals surface area contributed by atoms with Crippen molar-refractivity contribution in [2.24, 2.45) is 5.92 Å². The minimum absolute atomic E-state index is 0.664. The largest absolute Gasteiger partial charge is 0.318 e. The number of nitrogens with zero attached hydrogens (tertiary/aromatic N) is 2. The highest BCUT2D eigenvalue weighted by Gasteiger charge is 2.19. The number of hydrogen-bond acceptors (Lipinski definition) is 3. The van der Waals surface area contributed by atoms with Gasteiger partial charge in [0.2, 0.25) is 0 Å². The summed E-state index contributed by atoms with van der Waals surface area (Å²) in [4.78, 5) is 5.14. The Kier molecular flexibility index (Phi) is 10.7. The van der Waals surface area contributed by atoms with Crippen LogP contribution in [-0.4, -0.2) is 62.2 Å². The first-order chi connectivity index (χ1) is 8.60. The zero-order valence-corrected chi connectivity index (χ0v) is 13.5. The molecule has 0 saturated carbocycles. The average Bonchev–Trinajstić information content (AvgIpc) is 2.37. The van der Waals surface area contributed by atoms with Crippen molar-refractivity contribution >= 4 is 0 Å². The fourth-order valence-electron chi connectivity index (χ4n) is 2.59. The van der Waals surface area contributed by atoms with Crippen LogP contribution in [0.4, 0.5) is 0 Å². The normalized spacial score (nSPS) is 13.8. The van der Waals surface area contributed by atoms with Crippen LogP contribution in [0.2, 0.25) is 0 Å². The molecule has 0 radical (unpaired) electrons. The van der Waals surface area contributed by atoms with E-state index >= 15 is 0 Å². The van der Waals surface area contributed by atoms with Gasteiger partial charge in [0.25, 0.3) is 0 Å². The minimum Gasteiger partial charge on any atom is -0.318 e. The van der Waals surface area contributed by atoms with Gasteiger partial charge < -0.3 is 10.2 Å². The van der Waals surface area contributed by atoms with Crippen LogP contribution in [0.5, 0.6) is 0 Å². The highest BCUT2D eigenvalue weighted by molar-refractivity contribution is 4.76. The molecule has 3 heteroatoms. The molecule has 1 unspecified atom stereocenters. The fourth-order valence-corrected chi connectivity index (χ4v) is 2.59. The molecule has 0 aliphatic heterocycles. The molecule has 0 aromatic carbocycles. The first-order valence-electron chi connectivity index (χ1n) is 7.71. The van der Waals surface area contributed by atoms with Crippen molar-refractivity contribution in [3.63, 3.8) is 0 Å². The summed E-state index contributed by atoms with van der Waals surface area (Å²) in [5, 5.41) is 3.33. The Morgan fingerprint density at radius 2 is 1.56 bits per heavy atom. The van der Waals surface area contributed by atoms with Crippen LogP contribution in [0.15, 0.2) is 0 Å². The predicted molar refractivity (Wildman–Crippen MR) is 82.2 cm³/mol. The molecule has 0 saturated heterocycles. The summed E-state index contributed by atoms with van der Waals surface area (Å²) in [7, 11) is 2.05. The summed E-state index contributed by atoms with van der Waals surface area (Å²) >= 11 is 0. The molecule has 0 fully saturated rings. The maximum Gasteiger partial charge on any atom is 0.0243 e. The van der Waals surface area contributed by atoms with Gasteiger partial charge >= 0.3 is 0 Å². The van der Waals surface area contributed by atoms with Crippen molar-refractivity contribution in [2.45, 2.75) is 47.1 Å². The lowest BCUT2D eigenvalue weighted by atomic mass is 10.0. The third-order valence-electron chi connectivity index (χ3n) is 3.87. The van der Waals surface area contributed by atoms with Gasteiger partial charge in [0.1, 0.15) is 0 Å². The lowest BCUT2D eigenvalue weighted by Crippen LogP contribution is -2.45. The Bertz CT molecular complexity index is 179. The summed E-state index contributed by atoms with van der Waals surface area (Å²) in [6.07, 6.45) is 1.28. The highest BCUT2D eigenvalue weighted by atomic mass is 15.2. The topological polar surface area (TPSA) is 18.5 Å². The number of hydrogen-bond donors (Lipinski definition) is 1. The first kappa shape index (κ1) is 17.9. The van der Waals surface area contributed by atoms with Crippen molar-refractivity contribution in [3.8, 4) is 0 Å². The molecule has 1 atom stereocenters. The molecule has 0 heterocycles. The van der Waals surface area contributed by atoms with E-state index in [1.54, 1.807) is 0 Å². The van der Waals surface area contributed by atoms with E-state index in [1.165, 1.54) is 32.6 Å². The quantitative estimate of drug-likeness (QED) is 0.613. The maximum absolute atomic E-state index is 3.33. The molecule has 0 bridgehead atoms. The van der Waals surface area contributed by atoms with Crippen LogP contribution in [0.3, 0.4) is 0 Å². The SMILES string of the molecule is CCN(CC)CCCN(CC)C(CNC)C(C)C. The van der Waals surface area contributed by atoms with E-state index in [2.05, 4.69) is 56.8 Å². The van der Waals surface area contributed by atoms with Crippen molar-refractivity contribution in [1.29, 1.82) is 0 Å². The smallest absolute Gasteiger partial charge is 0.0243 e. The lowest BCUT2D eigenvalue weighted by Gasteiger charge is -2.34. The third-order valence-corrected chi connectivity index (χ3v) is 3.87. The lowest BCUT2D eigenvalue weighted by molar-refractivity contribution is 0.151. The van der Waals surface area contributed by atoms with Crippen LogP contribution >= 0.6 is 0 Å². The van der Waals surface area contributed by atoms with Gasteiger partial charge in [-0.3, -0.25) is 4.90 Å². The Morgan fingerprint density at radius 3 is 1.94 bits per heavy atom. The van der Waals surface area contributed by atoms with E-state index < -0.39 is 0 Å². The fraction of sp³-hybridized carbons (Fsp3) is 1.00. The molecule has 0 aromatic heterocycles. The highest BCUT2D eigenvalue weighted by Crippen LogP contribution is 2.10. The van der Waals surface area contributed by atoms with Crippen LogP contribution < -0.4 is 5.32 Å². The van der Waals surface area contributed by atoms with Crippen molar-refractivity contribution in [3.05, 3.63) is 0 Å². The van der Waals surface area contributed by atoms with Crippen molar-refractivity contribution in [1.82, 2.24) is 15.1 Å². The summed E-state index contributed by atoms with van der Waals surface area (Å²) < 4.78 is 0. The van der Waals surface area contributed by atoms with E-state index in [-0.39, 0.29) is 0 Å². The molecule has 0 amide bonds. The molecule has 0 aliphatic carbocycles. The Labute approximate surface area is 115 Å². The molecule has 0 spiro atoms. The number of rotatable bonds is 11. The van der Waals surface area contributed by atoms with Gasteiger partial charge in [0.05, 0.1) is 0 Å². The summed E-state index contributed by atoms with van der Waals surface area (Å²) in [6, 6.07) is 0.664. The molecule has 18 heavy (non-hydrogen) atoms. The Morgan fingerprint density at radius 1 is 0.944 bits per heavy atom. The minimum atomic E-state index is 0.664. The van der Waals surface area contributed by atoms with Gasteiger partial charge in [-0.15, -0.1) is 0 Å². The second kappa shape index (κ2) is 10.8. The van der Waals surface area contributed by atoms with Crippen LogP contribution in [0, 0.1) is 5.92 Å². The average molecular weight is 257 g/mol. The Hall–Kier alpha value is -0.120. The van der Waals surface area contributed by atoms with Gasteiger partial charge in [-0.1, -0.05) is 34.6 Å². The van der Waals surface area contributed by atoms with E-state index in [9.17, 15) is 0 Å². The molecular weight excluding hydrogens is 222 g/mol. The summed E-state index contributed by atoms with van der Waals surface area (Å²) in [5.74, 6) is 0.714. The second-order valence-corrected chi connectivity index (χ2v) is 5.38. The monoisotopic (exact) mass is 257 g/mol. The van der Waals surface area contributed by atoms with Gasteiger partial charge in [0, 0.05) is 12.6 Å². The second-order valence-electron chi connectivity index (χ2n) is 5.38. The Balaban J connectivity index is 4.14. The molecule has 0 aromatic rings. The number of nitrogens with one attached hydrogen (secondary N) is 1. The van der Waals surface area contributed by atoms with Crippen LogP contribution in [-0.2, 0) is 0 Å². The zero-order valence-electron chi connectivity index (χ0n) is 13.5. The molecule has 110 valence electrons. The molecule has 3 nitrogen and oxygen atoms in total. The van der Waals surface area contributed by atoms with Crippen molar-refractivity contribution < 1.29 is 0 Å². The first-order valence-corrected chi connectivity index (χ1v) is 7.71. The molecule has 0 aliphatic rings. The van der Waals surface area contributed by atoms with E-state index in [1.807, 2.05) is 0 Å². The van der Waals surface area contributed by atoms with Gasteiger partial charge in [-0.25, -0.2) is 0 Å². The van der Waals surface area contributed by atoms with E-state index in [0.29, 0.717) is 12.0 Å².